The number of carboxylic acids is 1. The van der Waals surface area contributed by atoms with Gasteiger partial charge in [-0.1, -0.05) is 19.8 Å². The third-order valence-corrected chi connectivity index (χ3v) is 3.91. The first-order chi connectivity index (χ1) is 8.07. The number of carbonyl (C=O) groups is 2. The number of hydrogen-bond donors (Lipinski definition) is 2. The lowest BCUT2D eigenvalue weighted by atomic mass is 10.1. The molecule has 0 aromatic carbocycles. The minimum atomic E-state index is -0.937. The molecule has 2 unspecified atom stereocenters. The van der Waals surface area contributed by atoms with Gasteiger partial charge in [0.15, 0.2) is 0 Å². The maximum Gasteiger partial charge on any atom is 0.327 e. The Morgan fingerprint density at radius 1 is 1.59 bits per heavy atom. The van der Waals surface area contributed by atoms with Crippen LogP contribution >= 0.6 is 11.8 Å². The molecule has 0 saturated carbocycles. The molecule has 1 aliphatic rings. The highest BCUT2D eigenvalue weighted by molar-refractivity contribution is 7.99. The summed E-state index contributed by atoms with van der Waals surface area (Å²) in [6.45, 7) is 2.52. The van der Waals surface area contributed by atoms with E-state index in [1.165, 1.54) is 4.90 Å². The lowest BCUT2D eigenvalue weighted by Gasteiger charge is -2.34. The first kappa shape index (κ1) is 14.3. The molecule has 3 N–H and O–H groups in total. The Bertz CT molecular complexity index is 286. The highest BCUT2D eigenvalue weighted by Gasteiger charge is 2.34. The Morgan fingerprint density at radius 2 is 2.29 bits per heavy atom. The highest BCUT2D eigenvalue weighted by Crippen LogP contribution is 2.18. The van der Waals surface area contributed by atoms with Crippen molar-refractivity contribution in [2.75, 3.05) is 18.1 Å². The van der Waals surface area contributed by atoms with E-state index in [1.54, 1.807) is 11.8 Å². The minimum Gasteiger partial charge on any atom is -0.480 e. The van der Waals surface area contributed by atoms with Crippen LogP contribution in [-0.2, 0) is 9.59 Å². The number of hydrogen-bond acceptors (Lipinski definition) is 4. The Hall–Kier alpha value is -0.750. The maximum absolute atomic E-state index is 12.0. The number of thioether (sulfide) groups is 1. The van der Waals surface area contributed by atoms with E-state index < -0.39 is 18.1 Å². The van der Waals surface area contributed by atoms with Crippen LogP contribution in [0.3, 0.4) is 0 Å². The van der Waals surface area contributed by atoms with Gasteiger partial charge in [-0.25, -0.2) is 4.79 Å². The molecule has 6 heteroatoms. The van der Waals surface area contributed by atoms with Crippen LogP contribution in [0.4, 0.5) is 0 Å². The van der Waals surface area contributed by atoms with E-state index in [0.717, 1.165) is 18.6 Å². The quantitative estimate of drug-likeness (QED) is 0.753. The van der Waals surface area contributed by atoms with Crippen LogP contribution in [0.5, 0.6) is 0 Å². The summed E-state index contributed by atoms with van der Waals surface area (Å²) >= 11 is 1.57. The standard InChI is InChI=1S/C11H20N2O3S/c1-2-3-4-8(12)10(14)13-5-6-17-7-9(13)11(15)16/h8-9H,2-7,12H2,1H3,(H,15,16). The van der Waals surface area contributed by atoms with E-state index in [9.17, 15) is 9.59 Å². The molecule has 1 fully saturated rings. The van der Waals surface area contributed by atoms with Crippen molar-refractivity contribution in [3.05, 3.63) is 0 Å². The van der Waals surface area contributed by atoms with Gasteiger partial charge in [0, 0.05) is 18.1 Å². The Labute approximate surface area is 106 Å². The summed E-state index contributed by atoms with van der Waals surface area (Å²) in [6, 6.07) is -1.27. The van der Waals surface area contributed by atoms with Gasteiger partial charge >= 0.3 is 5.97 Å². The van der Waals surface area contributed by atoms with Crippen LogP contribution in [0.25, 0.3) is 0 Å². The summed E-state index contributed by atoms with van der Waals surface area (Å²) in [5.74, 6) is 0.0943. The van der Waals surface area contributed by atoms with Gasteiger partial charge < -0.3 is 15.7 Å². The zero-order valence-corrected chi connectivity index (χ0v) is 10.9. The molecule has 0 radical (unpaired) electrons. The normalized spacial score (nSPS) is 22.2. The minimum absolute atomic E-state index is 0.217. The van der Waals surface area contributed by atoms with Crippen molar-refractivity contribution in [3.8, 4) is 0 Å². The van der Waals surface area contributed by atoms with Crippen LogP contribution in [-0.4, -0.2) is 52.0 Å². The molecule has 0 aromatic rings. The number of carboxylic acid groups (broad SMARTS) is 1. The summed E-state index contributed by atoms with van der Waals surface area (Å²) in [4.78, 5) is 24.5. The largest absolute Gasteiger partial charge is 0.480 e. The molecule has 1 rings (SSSR count). The van der Waals surface area contributed by atoms with E-state index in [4.69, 9.17) is 10.8 Å². The van der Waals surface area contributed by atoms with Crippen molar-refractivity contribution in [1.82, 2.24) is 4.90 Å². The van der Waals surface area contributed by atoms with Gasteiger partial charge in [-0.3, -0.25) is 4.79 Å². The summed E-state index contributed by atoms with van der Waals surface area (Å²) < 4.78 is 0. The molecule has 0 aliphatic carbocycles. The zero-order chi connectivity index (χ0) is 12.8. The third-order valence-electron chi connectivity index (χ3n) is 2.88. The van der Waals surface area contributed by atoms with E-state index in [1.807, 2.05) is 6.92 Å². The predicted molar refractivity (Wildman–Crippen MR) is 68.0 cm³/mol. The van der Waals surface area contributed by atoms with Crippen molar-refractivity contribution in [1.29, 1.82) is 0 Å². The maximum atomic E-state index is 12.0. The summed E-state index contributed by atoms with van der Waals surface area (Å²) in [6.07, 6.45) is 2.51. The first-order valence-corrected chi connectivity index (χ1v) is 7.10. The number of amides is 1. The predicted octanol–water partition coefficient (Wildman–Crippen LogP) is 0.532. The Balaban J connectivity index is 2.61. The second-order valence-corrected chi connectivity index (χ2v) is 5.36. The molecule has 0 aromatic heterocycles. The number of rotatable bonds is 5. The fourth-order valence-electron chi connectivity index (χ4n) is 1.83. The molecular formula is C11H20N2O3S. The molecule has 1 saturated heterocycles. The van der Waals surface area contributed by atoms with Crippen LogP contribution in [0, 0.1) is 0 Å². The van der Waals surface area contributed by atoms with Crippen LogP contribution < -0.4 is 5.73 Å². The van der Waals surface area contributed by atoms with Gasteiger partial charge in [0.1, 0.15) is 6.04 Å². The fourth-order valence-corrected chi connectivity index (χ4v) is 2.87. The topological polar surface area (TPSA) is 83.6 Å². The van der Waals surface area contributed by atoms with Crippen molar-refractivity contribution >= 4 is 23.6 Å². The average molecular weight is 260 g/mol. The molecule has 2 atom stereocenters. The Kier molecular flexibility index (Phi) is 5.77. The van der Waals surface area contributed by atoms with Crippen molar-refractivity contribution < 1.29 is 14.7 Å². The molecule has 98 valence electrons. The molecular weight excluding hydrogens is 240 g/mol. The van der Waals surface area contributed by atoms with Crippen LogP contribution in [0.2, 0.25) is 0 Å². The Morgan fingerprint density at radius 3 is 2.88 bits per heavy atom. The number of carbonyl (C=O) groups excluding carboxylic acids is 1. The van der Waals surface area contributed by atoms with E-state index in [2.05, 4.69) is 0 Å². The number of nitrogens with two attached hydrogens (primary N) is 1. The summed E-state index contributed by atoms with van der Waals surface area (Å²) in [5, 5.41) is 9.07. The number of aliphatic carboxylic acids is 1. The average Bonchev–Trinajstić information content (AvgIpc) is 2.34. The third kappa shape index (κ3) is 3.89. The second kappa shape index (κ2) is 6.86. The van der Waals surface area contributed by atoms with Gasteiger partial charge in [0.2, 0.25) is 5.91 Å². The molecule has 0 bridgehead atoms. The molecule has 1 heterocycles. The smallest absolute Gasteiger partial charge is 0.327 e. The van der Waals surface area contributed by atoms with E-state index in [0.29, 0.717) is 18.7 Å². The van der Waals surface area contributed by atoms with E-state index in [-0.39, 0.29) is 5.91 Å². The monoisotopic (exact) mass is 260 g/mol. The van der Waals surface area contributed by atoms with Gasteiger partial charge in [0.25, 0.3) is 0 Å². The molecule has 1 amide bonds. The van der Waals surface area contributed by atoms with Crippen LogP contribution in [0.15, 0.2) is 0 Å². The lowest BCUT2D eigenvalue weighted by molar-refractivity contribution is -0.149. The highest BCUT2D eigenvalue weighted by atomic mass is 32.2. The van der Waals surface area contributed by atoms with Crippen molar-refractivity contribution in [2.24, 2.45) is 5.73 Å². The molecule has 17 heavy (non-hydrogen) atoms. The van der Waals surface area contributed by atoms with E-state index >= 15 is 0 Å². The van der Waals surface area contributed by atoms with Crippen molar-refractivity contribution in [3.63, 3.8) is 0 Å². The fraction of sp³-hybridized carbons (Fsp3) is 0.818. The van der Waals surface area contributed by atoms with Gasteiger partial charge in [0.05, 0.1) is 6.04 Å². The van der Waals surface area contributed by atoms with Crippen molar-refractivity contribution in [2.45, 2.75) is 38.3 Å². The van der Waals surface area contributed by atoms with Gasteiger partial charge in [-0.2, -0.15) is 11.8 Å². The zero-order valence-electron chi connectivity index (χ0n) is 10.1. The first-order valence-electron chi connectivity index (χ1n) is 5.94. The summed E-state index contributed by atoms with van der Waals surface area (Å²) in [7, 11) is 0. The van der Waals surface area contributed by atoms with Gasteiger partial charge in [-0.15, -0.1) is 0 Å². The lowest BCUT2D eigenvalue weighted by Crippen LogP contribution is -2.55. The summed E-state index contributed by atoms with van der Waals surface area (Å²) in [5.41, 5.74) is 5.81. The molecule has 5 nitrogen and oxygen atoms in total. The molecule has 0 spiro atoms. The second-order valence-electron chi connectivity index (χ2n) is 4.21. The number of unbranched alkanes of at least 4 members (excludes halogenated alkanes) is 1. The molecule has 1 aliphatic heterocycles. The van der Waals surface area contributed by atoms with Gasteiger partial charge in [-0.05, 0) is 6.42 Å². The SMILES string of the molecule is CCCCC(N)C(=O)N1CCSCC1C(=O)O. The number of nitrogens with zero attached hydrogens (tertiary/aromatic N) is 1. The van der Waals surface area contributed by atoms with Crippen LogP contribution in [0.1, 0.15) is 26.2 Å².